The average Bonchev–Trinajstić information content (AvgIpc) is 2.74. The van der Waals surface area contributed by atoms with Crippen LogP contribution >= 0.6 is 0 Å². The third-order valence-corrected chi connectivity index (χ3v) is 5.21. The first kappa shape index (κ1) is 19.9. The zero-order valence-electron chi connectivity index (χ0n) is 16.6. The smallest absolute Gasteiger partial charge is 0.251 e. The van der Waals surface area contributed by atoms with Crippen molar-refractivity contribution in [3.8, 4) is 0 Å². The van der Waals surface area contributed by atoms with Crippen LogP contribution in [0.4, 0.5) is 5.69 Å². The quantitative estimate of drug-likeness (QED) is 0.693. The van der Waals surface area contributed by atoms with Gasteiger partial charge in [-0.25, -0.2) is 0 Å². The molecule has 0 spiro atoms. The van der Waals surface area contributed by atoms with E-state index in [0.29, 0.717) is 5.56 Å². The van der Waals surface area contributed by atoms with Gasteiger partial charge in [-0.3, -0.25) is 9.59 Å². The molecule has 2 amide bonds. The third-order valence-electron chi connectivity index (χ3n) is 5.21. The fraction of sp³-hybridized carbons (Fsp3) is 0.364. The third kappa shape index (κ3) is 5.10. The molecule has 148 valence electrons. The van der Waals surface area contributed by atoms with E-state index in [9.17, 15) is 9.59 Å². The summed E-state index contributed by atoms with van der Waals surface area (Å²) < 4.78 is 0. The van der Waals surface area contributed by atoms with E-state index >= 15 is 0 Å². The second-order valence-corrected chi connectivity index (χ2v) is 7.26. The Hall–Kier alpha value is -2.86. The van der Waals surface area contributed by atoms with Crippen molar-refractivity contribution in [1.82, 2.24) is 10.2 Å². The van der Waals surface area contributed by atoms with Crippen LogP contribution in [0.2, 0.25) is 0 Å². The van der Waals surface area contributed by atoms with Crippen molar-refractivity contribution in [2.24, 2.45) is 0 Å². The number of rotatable bonds is 6. The van der Waals surface area contributed by atoms with Crippen LogP contribution in [-0.4, -0.2) is 56.0 Å². The highest BCUT2D eigenvalue weighted by Crippen LogP contribution is 2.12. The van der Waals surface area contributed by atoms with Gasteiger partial charge < -0.3 is 20.4 Å². The molecular weight excluding hydrogens is 352 g/mol. The van der Waals surface area contributed by atoms with E-state index < -0.39 is 0 Å². The summed E-state index contributed by atoms with van der Waals surface area (Å²) in [6.45, 7) is 6.39. The van der Waals surface area contributed by atoms with Gasteiger partial charge in [-0.1, -0.05) is 30.3 Å². The van der Waals surface area contributed by atoms with Gasteiger partial charge in [0.25, 0.3) is 5.91 Å². The number of anilines is 1. The van der Waals surface area contributed by atoms with Crippen molar-refractivity contribution in [1.29, 1.82) is 0 Å². The molecule has 1 aliphatic rings. The second-order valence-electron chi connectivity index (χ2n) is 7.26. The highest BCUT2D eigenvalue weighted by molar-refractivity contribution is 5.94. The number of nitrogens with zero attached hydrogens (tertiary/aromatic N) is 1. The molecule has 0 unspecified atom stereocenters. The number of hydrogen-bond acceptors (Lipinski definition) is 3. The SMILES string of the molecule is CNC(=O)c1ccc(N[C@H](C)C(=O)N2CC[NH+](Cc3ccccc3)CC2)cc1. The standard InChI is InChI=1S/C22H28N4O2/c1-17(24-20-10-8-19(9-11-20)21(27)23-2)22(28)26-14-12-25(13-15-26)16-18-6-4-3-5-7-18/h3-11,17,24H,12-16H2,1-2H3,(H,23,27)/p+1/t17-/m1/s1. The highest BCUT2D eigenvalue weighted by Gasteiger charge is 2.26. The van der Waals surface area contributed by atoms with Crippen molar-refractivity contribution in [3.05, 3.63) is 65.7 Å². The summed E-state index contributed by atoms with van der Waals surface area (Å²) in [5.74, 6) is 0.000636. The summed E-state index contributed by atoms with van der Waals surface area (Å²) in [6.07, 6.45) is 0. The van der Waals surface area contributed by atoms with Crippen LogP contribution in [0.25, 0.3) is 0 Å². The van der Waals surface area contributed by atoms with Crippen LogP contribution in [0.5, 0.6) is 0 Å². The zero-order chi connectivity index (χ0) is 19.9. The van der Waals surface area contributed by atoms with Gasteiger partial charge in [0, 0.05) is 23.9 Å². The predicted octanol–water partition coefficient (Wildman–Crippen LogP) is 0.774. The summed E-state index contributed by atoms with van der Waals surface area (Å²) >= 11 is 0. The van der Waals surface area contributed by atoms with Gasteiger partial charge in [0.15, 0.2) is 0 Å². The van der Waals surface area contributed by atoms with Crippen LogP contribution < -0.4 is 15.5 Å². The Labute approximate surface area is 166 Å². The summed E-state index contributed by atoms with van der Waals surface area (Å²) in [7, 11) is 1.61. The minimum atomic E-state index is -0.304. The minimum Gasteiger partial charge on any atom is -0.374 e. The van der Waals surface area contributed by atoms with E-state index in [2.05, 4.69) is 34.9 Å². The number of carbonyl (C=O) groups excluding carboxylic acids is 2. The average molecular weight is 382 g/mol. The van der Waals surface area contributed by atoms with Crippen LogP contribution in [0, 0.1) is 0 Å². The number of hydrogen-bond donors (Lipinski definition) is 3. The molecule has 1 saturated heterocycles. The normalized spacial score (nSPS) is 15.7. The van der Waals surface area contributed by atoms with E-state index in [1.165, 1.54) is 10.5 Å². The van der Waals surface area contributed by atoms with Crippen LogP contribution in [-0.2, 0) is 11.3 Å². The molecule has 1 heterocycles. The zero-order valence-corrected chi connectivity index (χ0v) is 16.6. The van der Waals surface area contributed by atoms with Crippen molar-refractivity contribution in [2.45, 2.75) is 19.5 Å². The topological polar surface area (TPSA) is 65.9 Å². The van der Waals surface area contributed by atoms with Crippen LogP contribution in [0.3, 0.4) is 0 Å². The largest absolute Gasteiger partial charge is 0.374 e. The lowest BCUT2D eigenvalue weighted by molar-refractivity contribution is -0.917. The van der Waals surface area contributed by atoms with Gasteiger partial charge in [-0.05, 0) is 31.2 Å². The monoisotopic (exact) mass is 381 g/mol. The molecule has 28 heavy (non-hydrogen) atoms. The second kappa shape index (κ2) is 9.37. The number of carbonyl (C=O) groups is 2. The first-order valence-corrected chi connectivity index (χ1v) is 9.82. The molecule has 1 atom stereocenters. The fourth-order valence-corrected chi connectivity index (χ4v) is 3.55. The Morgan fingerprint density at radius 3 is 2.29 bits per heavy atom. The highest BCUT2D eigenvalue weighted by atomic mass is 16.2. The molecule has 2 aromatic carbocycles. The van der Waals surface area contributed by atoms with Gasteiger partial charge >= 0.3 is 0 Å². The number of amides is 2. The maximum absolute atomic E-state index is 12.8. The summed E-state index contributed by atoms with van der Waals surface area (Å²) in [6, 6.07) is 17.4. The fourth-order valence-electron chi connectivity index (χ4n) is 3.55. The summed E-state index contributed by atoms with van der Waals surface area (Å²) in [5.41, 5.74) is 2.78. The van der Waals surface area contributed by atoms with Crippen LogP contribution in [0.15, 0.2) is 54.6 Å². The number of quaternary nitrogens is 1. The van der Waals surface area contributed by atoms with Crippen molar-refractivity contribution < 1.29 is 14.5 Å². The molecule has 1 fully saturated rings. The molecular formula is C22H29N4O2+. The van der Waals surface area contributed by atoms with Gasteiger partial charge in [0.1, 0.15) is 12.6 Å². The Morgan fingerprint density at radius 2 is 1.68 bits per heavy atom. The molecule has 0 bridgehead atoms. The van der Waals surface area contributed by atoms with Crippen molar-refractivity contribution in [2.75, 3.05) is 38.5 Å². The summed E-state index contributed by atoms with van der Waals surface area (Å²) in [5, 5.41) is 5.84. The van der Waals surface area contributed by atoms with Crippen LogP contribution in [0.1, 0.15) is 22.8 Å². The molecule has 0 radical (unpaired) electrons. The molecule has 1 aliphatic heterocycles. The molecule has 6 nitrogen and oxygen atoms in total. The maximum atomic E-state index is 12.8. The van der Waals surface area contributed by atoms with Crippen molar-refractivity contribution >= 4 is 17.5 Å². The molecule has 0 aromatic heterocycles. The van der Waals surface area contributed by atoms with E-state index in [1.807, 2.05) is 30.0 Å². The van der Waals surface area contributed by atoms with Gasteiger partial charge in [0.05, 0.1) is 26.2 Å². The van der Waals surface area contributed by atoms with E-state index in [1.54, 1.807) is 19.2 Å². The molecule has 6 heteroatoms. The van der Waals surface area contributed by atoms with Gasteiger partial charge in [-0.2, -0.15) is 0 Å². The molecule has 3 rings (SSSR count). The Kier molecular flexibility index (Phi) is 6.66. The van der Waals surface area contributed by atoms with E-state index in [0.717, 1.165) is 38.4 Å². The number of nitrogens with one attached hydrogen (secondary N) is 3. The minimum absolute atomic E-state index is 0.119. The summed E-state index contributed by atoms with van der Waals surface area (Å²) in [4.78, 5) is 27.9. The van der Waals surface area contributed by atoms with E-state index in [-0.39, 0.29) is 17.9 Å². The molecule has 0 saturated carbocycles. The lowest BCUT2D eigenvalue weighted by atomic mass is 10.1. The number of benzene rings is 2. The number of piperazine rings is 1. The first-order valence-electron chi connectivity index (χ1n) is 9.82. The van der Waals surface area contributed by atoms with E-state index in [4.69, 9.17) is 0 Å². The molecule has 2 aromatic rings. The first-order chi connectivity index (χ1) is 13.6. The Balaban J connectivity index is 1.48. The lowest BCUT2D eigenvalue weighted by Gasteiger charge is -2.34. The molecule has 0 aliphatic carbocycles. The van der Waals surface area contributed by atoms with Gasteiger partial charge in [-0.15, -0.1) is 0 Å². The maximum Gasteiger partial charge on any atom is 0.251 e. The lowest BCUT2D eigenvalue weighted by Crippen LogP contribution is -3.13. The Bertz CT molecular complexity index is 784. The molecule has 3 N–H and O–H groups in total. The van der Waals surface area contributed by atoms with Crippen molar-refractivity contribution in [3.63, 3.8) is 0 Å². The predicted molar refractivity (Wildman–Crippen MR) is 110 cm³/mol. The van der Waals surface area contributed by atoms with Gasteiger partial charge in [0.2, 0.25) is 5.91 Å². The Morgan fingerprint density at radius 1 is 1.04 bits per heavy atom.